The molecule has 4 nitrogen and oxygen atoms in total. The highest BCUT2D eigenvalue weighted by Crippen LogP contribution is 2.27. The number of rotatable bonds is 3. The smallest absolute Gasteiger partial charge is 0.224 e. The van der Waals surface area contributed by atoms with Crippen LogP contribution in [-0.4, -0.2) is 16.5 Å². The van der Waals surface area contributed by atoms with Crippen LogP contribution in [0.15, 0.2) is 30.5 Å². The van der Waals surface area contributed by atoms with Crippen LogP contribution >= 0.6 is 11.6 Å². The van der Waals surface area contributed by atoms with Crippen LogP contribution in [0.1, 0.15) is 0 Å². The fraction of sp³-hybridized carbons (Fsp3) is 0.0833. The Morgan fingerprint density at radius 1 is 1.32 bits per heavy atom. The summed E-state index contributed by atoms with van der Waals surface area (Å²) in [5, 5.41) is 8.76. The van der Waals surface area contributed by atoms with Gasteiger partial charge >= 0.3 is 0 Å². The van der Waals surface area contributed by atoms with Crippen molar-refractivity contribution >= 4 is 23.1 Å². The second-order valence-electron chi connectivity index (χ2n) is 3.50. The van der Waals surface area contributed by atoms with Crippen LogP contribution in [-0.2, 0) is 0 Å². The molecule has 0 aliphatic carbocycles. The molecule has 2 rings (SSSR count). The Morgan fingerprint density at radius 3 is 2.79 bits per heavy atom. The lowest BCUT2D eigenvalue weighted by molar-refractivity contribution is 0.509. The average Bonchev–Trinajstić information content (AvgIpc) is 2.40. The SMILES string of the molecule is N#CCN(c1ccnc(Cl)n1)c1cccc(F)c1F. The molecular formula is C12H7ClF2N4. The number of anilines is 2. The van der Waals surface area contributed by atoms with Gasteiger partial charge < -0.3 is 4.90 Å². The lowest BCUT2D eigenvalue weighted by Gasteiger charge is -2.21. The molecule has 0 bridgehead atoms. The molecule has 1 heterocycles. The maximum absolute atomic E-state index is 13.8. The molecule has 1 aromatic carbocycles. The van der Waals surface area contributed by atoms with Crippen molar-refractivity contribution in [1.29, 1.82) is 5.26 Å². The molecule has 0 aliphatic heterocycles. The highest BCUT2D eigenvalue weighted by atomic mass is 35.5. The van der Waals surface area contributed by atoms with E-state index in [0.717, 1.165) is 6.07 Å². The summed E-state index contributed by atoms with van der Waals surface area (Å²) in [6.07, 6.45) is 1.37. The first-order valence-corrected chi connectivity index (χ1v) is 5.58. The van der Waals surface area contributed by atoms with Gasteiger partial charge in [0.25, 0.3) is 0 Å². The van der Waals surface area contributed by atoms with Gasteiger partial charge in [-0.1, -0.05) is 6.07 Å². The Bertz CT molecular complexity index is 642. The van der Waals surface area contributed by atoms with Crippen molar-refractivity contribution in [3.63, 3.8) is 0 Å². The first kappa shape index (κ1) is 13.2. The van der Waals surface area contributed by atoms with E-state index >= 15 is 0 Å². The van der Waals surface area contributed by atoms with Crippen molar-refractivity contribution in [2.75, 3.05) is 11.4 Å². The molecule has 0 atom stereocenters. The third-order valence-electron chi connectivity index (χ3n) is 2.34. The topological polar surface area (TPSA) is 52.8 Å². The van der Waals surface area contributed by atoms with E-state index in [9.17, 15) is 8.78 Å². The molecule has 96 valence electrons. The van der Waals surface area contributed by atoms with Crippen molar-refractivity contribution in [3.8, 4) is 6.07 Å². The van der Waals surface area contributed by atoms with Gasteiger partial charge in [-0.25, -0.2) is 18.7 Å². The van der Waals surface area contributed by atoms with Gasteiger partial charge in [0.05, 0.1) is 11.8 Å². The van der Waals surface area contributed by atoms with Gasteiger partial charge in [-0.2, -0.15) is 5.26 Å². The van der Waals surface area contributed by atoms with E-state index in [4.69, 9.17) is 16.9 Å². The Balaban J connectivity index is 2.52. The summed E-state index contributed by atoms with van der Waals surface area (Å²) in [5.74, 6) is -1.83. The largest absolute Gasteiger partial charge is 0.310 e. The van der Waals surface area contributed by atoms with Gasteiger partial charge in [0, 0.05) is 6.20 Å². The van der Waals surface area contributed by atoms with E-state index < -0.39 is 11.6 Å². The van der Waals surface area contributed by atoms with Crippen molar-refractivity contribution in [1.82, 2.24) is 9.97 Å². The summed E-state index contributed by atoms with van der Waals surface area (Å²) in [5.41, 5.74) is -0.0867. The van der Waals surface area contributed by atoms with E-state index in [1.54, 1.807) is 0 Å². The molecule has 0 amide bonds. The number of nitriles is 1. The minimum absolute atomic E-state index is 0.0442. The second kappa shape index (κ2) is 5.59. The lowest BCUT2D eigenvalue weighted by atomic mass is 10.2. The third-order valence-corrected chi connectivity index (χ3v) is 2.52. The minimum atomic E-state index is -1.05. The predicted molar refractivity (Wildman–Crippen MR) is 66.0 cm³/mol. The summed E-state index contributed by atoms with van der Waals surface area (Å²) >= 11 is 5.65. The van der Waals surface area contributed by atoms with E-state index in [0.29, 0.717) is 0 Å². The molecule has 2 aromatic rings. The molecule has 7 heteroatoms. The quantitative estimate of drug-likeness (QED) is 0.640. The highest BCUT2D eigenvalue weighted by Gasteiger charge is 2.17. The first-order chi connectivity index (χ1) is 9.13. The molecule has 0 spiro atoms. The first-order valence-electron chi connectivity index (χ1n) is 5.20. The number of halogens is 3. The second-order valence-corrected chi connectivity index (χ2v) is 3.84. The Kier molecular flexibility index (Phi) is 3.88. The third kappa shape index (κ3) is 2.77. The van der Waals surface area contributed by atoms with Crippen molar-refractivity contribution < 1.29 is 8.78 Å². The molecule has 0 saturated heterocycles. The Labute approximate surface area is 112 Å². The van der Waals surface area contributed by atoms with Crippen LogP contribution in [0.25, 0.3) is 0 Å². The summed E-state index contributed by atoms with van der Waals surface area (Å²) in [6, 6.07) is 7.01. The zero-order valence-corrected chi connectivity index (χ0v) is 10.3. The van der Waals surface area contributed by atoms with Crippen molar-refractivity contribution in [3.05, 3.63) is 47.4 Å². The van der Waals surface area contributed by atoms with Crippen LogP contribution in [0, 0.1) is 23.0 Å². The molecule has 1 aromatic heterocycles. The number of nitrogens with zero attached hydrogens (tertiary/aromatic N) is 4. The molecule has 0 radical (unpaired) electrons. The van der Waals surface area contributed by atoms with Crippen LogP contribution < -0.4 is 4.90 Å². The monoisotopic (exact) mass is 280 g/mol. The average molecular weight is 281 g/mol. The fourth-order valence-corrected chi connectivity index (χ4v) is 1.68. The number of aromatic nitrogens is 2. The molecule has 0 unspecified atom stereocenters. The van der Waals surface area contributed by atoms with Gasteiger partial charge in [-0.05, 0) is 29.8 Å². The summed E-state index contributed by atoms with van der Waals surface area (Å²) in [4.78, 5) is 8.79. The normalized spacial score (nSPS) is 10.0. The molecule has 0 N–H and O–H groups in total. The van der Waals surface area contributed by atoms with Crippen LogP contribution in [0.4, 0.5) is 20.3 Å². The van der Waals surface area contributed by atoms with Gasteiger partial charge in [0.15, 0.2) is 11.6 Å². The maximum Gasteiger partial charge on any atom is 0.224 e. The highest BCUT2D eigenvalue weighted by molar-refractivity contribution is 6.28. The van der Waals surface area contributed by atoms with E-state index in [1.807, 2.05) is 6.07 Å². The number of hydrogen-bond acceptors (Lipinski definition) is 4. The summed E-state index contributed by atoms with van der Waals surface area (Å²) in [7, 11) is 0. The zero-order valence-electron chi connectivity index (χ0n) is 9.52. The molecule has 19 heavy (non-hydrogen) atoms. The van der Waals surface area contributed by atoms with Crippen LogP contribution in [0.2, 0.25) is 5.28 Å². The van der Waals surface area contributed by atoms with Crippen molar-refractivity contribution in [2.45, 2.75) is 0 Å². The fourth-order valence-electron chi connectivity index (χ4n) is 1.54. The maximum atomic E-state index is 13.8. The zero-order chi connectivity index (χ0) is 13.8. The van der Waals surface area contributed by atoms with Gasteiger partial charge in [0.1, 0.15) is 12.4 Å². The van der Waals surface area contributed by atoms with E-state index in [1.165, 1.54) is 29.3 Å². The van der Waals surface area contributed by atoms with Crippen molar-refractivity contribution in [2.24, 2.45) is 0 Å². The lowest BCUT2D eigenvalue weighted by Crippen LogP contribution is -2.20. The number of hydrogen-bond donors (Lipinski definition) is 0. The standard InChI is InChI=1S/C12H7ClF2N4/c13-12-17-6-4-10(18-12)19(7-5-16)9-3-1-2-8(14)11(9)15/h1-4,6H,7H2. The molecule has 0 fully saturated rings. The van der Waals surface area contributed by atoms with Gasteiger partial charge in [-0.3, -0.25) is 0 Å². The summed E-state index contributed by atoms with van der Waals surface area (Å²) in [6.45, 7) is -0.201. The molecule has 0 aliphatic rings. The van der Waals surface area contributed by atoms with Crippen LogP contribution in [0.3, 0.4) is 0 Å². The van der Waals surface area contributed by atoms with E-state index in [-0.39, 0.29) is 23.3 Å². The minimum Gasteiger partial charge on any atom is -0.310 e. The molecular weight excluding hydrogens is 274 g/mol. The van der Waals surface area contributed by atoms with Crippen LogP contribution in [0.5, 0.6) is 0 Å². The van der Waals surface area contributed by atoms with Gasteiger partial charge in [-0.15, -0.1) is 0 Å². The Morgan fingerprint density at radius 2 is 2.11 bits per heavy atom. The Hall–Kier alpha value is -2.26. The van der Waals surface area contributed by atoms with Gasteiger partial charge in [0.2, 0.25) is 5.28 Å². The predicted octanol–water partition coefficient (Wildman–Crippen LogP) is 3.07. The van der Waals surface area contributed by atoms with E-state index in [2.05, 4.69) is 9.97 Å². The molecule has 0 saturated carbocycles. The summed E-state index contributed by atoms with van der Waals surface area (Å²) < 4.78 is 27.0. The number of benzene rings is 1.